The zero-order chi connectivity index (χ0) is 16.3. The van der Waals surface area contributed by atoms with Crippen LogP contribution in [0, 0.1) is 22.7 Å². The van der Waals surface area contributed by atoms with Gasteiger partial charge in [-0.15, -0.1) is 0 Å². The summed E-state index contributed by atoms with van der Waals surface area (Å²) in [6, 6.07) is 16.3. The minimum Gasteiger partial charge on any atom is -0.223 e. The Morgan fingerprint density at radius 2 is 1.35 bits per heavy atom. The maximum absolute atomic E-state index is 16.0. The van der Waals surface area contributed by atoms with E-state index in [4.69, 9.17) is 10.5 Å². The van der Waals surface area contributed by atoms with Crippen LogP contribution in [0.15, 0.2) is 61.2 Å². The molecule has 110 valence electrons. The molecule has 0 atom stereocenters. The lowest BCUT2D eigenvalue weighted by Crippen LogP contribution is -2.32. The van der Waals surface area contributed by atoms with Crippen molar-refractivity contribution >= 4 is 0 Å². The molecule has 0 aliphatic rings. The fourth-order valence-electron chi connectivity index (χ4n) is 2.33. The first-order valence-electron chi connectivity index (χ1n) is 6.74. The molecule has 0 saturated carbocycles. The zero-order valence-electron chi connectivity index (χ0n) is 11.9. The first-order chi connectivity index (χ1) is 11.2. The van der Waals surface area contributed by atoms with Gasteiger partial charge < -0.3 is 0 Å². The second-order valence-corrected chi connectivity index (χ2v) is 4.84. The van der Waals surface area contributed by atoms with Gasteiger partial charge in [-0.2, -0.15) is 15.6 Å². The van der Waals surface area contributed by atoms with Gasteiger partial charge in [-0.3, -0.25) is 0 Å². The molecule has 2 aromatic carbocycles. The van der Waals surface area contributed by atoms with Crippen LogP contribution in [0.3, 0.4) is 0 Å². The second-order valence-electron chi connectivity index (χ2n) is 4.84. The standard InChI is InChI=1S/C17H10FN5/c18-17(23-12-21-11-22-23,15-5-1-13(9-19)2-6-15)16-7-3-14(10-20)4-8-16/h1-8,11-12H. The Hall–Kier alpha value is -3.51. The molecular formula is C17H10FN5. The molecule has 0 aliphatic carbocycles. The number of aromatic nitrogens is 3. The van der Waals surface area contributed by atoms with Gasteiger partial charge in [0.25, 0.3) is 5.79 Å². The minimum atomic E-state index is -2.08. The van der Waals surface area contributed by atoms with Gasteiger partial charge in [-0.05, 0) is 24.3 Å². The number of halogens is 1. The lowest BCUT2D eigenvalue weighted by molar-refractivity contribution is 0.157. The van der Waals surface area contributed by atoms with Crippen molar-refractivity contribution in [3.63, 3.8) is 0 Å². The molecule has 0 spiro atoms. The van der Waals surface area contributed by atoms with E-state index < -0.39 is 5.79 Å². The van der Waals surface area contributed by atoms with E-state index in [1.807, 2.05) is 12.1 Å². The van der Waals surface area contributed by atoms with E-state index in [0.717, 1.165) is 4.68 Å². The molecule has 0 N–H and O–H groups in total. The van der Waals surface area contributed by atoms with Crippen LogP contribution in [0.5, 0.6) is 0 Å². The highest BCUT2D eigenvalue weighted by atomic mass is 19.1. The van der Waals surface area contributed by atoms with Crippen LogP contribution in [-0.2, 0) is 5.79 Å². The lowest BCUT2D eigenvalue weighted by Gasteiger charge is -2.26. The quantitative estimate of drug-likeness (QED) is 0.745. The summed E-state index contributed by atoms with van der Waals surface area (Å²) >= 11 is 0. The van der Waals surface area contributed by atoms with Crippen molar-refractivity contribution < 1.29 is 4.39 Å². The Morgan fingerprint density at radius 3 is 1.70 bits per heavy atom. The van der Waals surface area contributed by atoms with Gasteiger partial charge in [-0.25, -0.2) is 14.1 Å². The number of hydrogen-bond donors (Lipinski definition) is 0. The Kier molecular flexibility index (Phi) is 3.58. The topological polar surface area (TPSA) is 78.3 Å². The van der Waals surface area contributed by atoms with Crippen LogP contribution >= 0.6 is 0 Å². The largest absolute Gasteiger partial charge is 0.254 e. The summed E-state index contributed by atoms with van der Waals surface area (Å²) < 4.78 is 17.1. The molecule has 1 heterocycles. The summed E-state index contributed by atoms with van der Waals surface area (Å²) in [4.78, 5) is 3.81. The van der Waals surface area contributed by atoms with Crippen molar-refractivity contribution in [1.82, 2.24) is 14.8 Å². The first-order valence-corrected chi connectivity index (χ1v) is 6.74. The Labute approximate surface area is 131 Å². The predicted octanol–water partition coefficient (Wildman–Crippen LogP) is 2.74. The molecule has 3 rings (SSSR count). The summed E-state index contributed by atoms with van der Waals surface area (Å²) in [7, 11) is 0. The highest BCUT2D eigenvalue weighted by Crippen LogP contribution is 2.35. The Balaban J connectivity index is 2.18. The van der Waals surface area contributed by atoms with Crippen LogP contribution in [0.4, 0.5) is 4.39 Å². The van der Waals surface area contributed by atoms with Crippen molar-refractivity contribution in [3.8, 4) is 12.1 Å². The normalized spacial score (nSPS) is 10.7. The van der Waals surface area contributed by atoms with Crippen molar-refractivity contribution in [2.24, 2.45) is 0 Å². The van der Waals surface area contributed by atoms with E-state index in [2.05, 4.69) is 10.1 Å². The molecule has 0 amide bonds. The molecule has 3 aromatic rings. The second kappa shape index (κ2) is 5.70. The first kappa shape index (κ1) is 14.4. The monoisotopic (exact) mass is 303 g/mol. The maximum atomic E-state index is 16.0. The summed E-state index contributed by atoms with van der Waals surface area (Å²) in [5.74, 6) is -2.08. The van der Waals surface area contributed by atoms with Crippen LogP contribution in [0.1, 0.15) is 22.3 Å². The van der Waals surface area contributed by atoms with E-state index in [1.165, 1.54) is 12.7 Å². The highest BCUT2D eigenvalue weighted by molar-refractivity contribution is 5.42. The number of hydrogen-bond acceptors (Lipinski definition) is 4. The molecule has 0 bridgehead atoms. The Morgan fingerprint density at radius 1 is 0.870 bits per heavy atom. The summed E-state index contributed by atoms with van der Waals surface area (Å²) in [6.07, 6.45) is 2.54. The maximum Gasteiger partial charge on any atom is 0.254 e. The third kappa shape index (κ3) is 2.43. The smallest absolute Gasteiger partial charge is 0.223 e. The minimum absolute atomic E-state index is 0.312. The van der Waals surface area contributed by atoms with Crippen molar-refractivity contribution in [3.05, 3.63) is 83.4 Å². The summed E-state index contributed by atoms with van der Waals surface area (Å²) in [5.41, 5.74) is 1.50. The highest BCUT2D eigenvalue weighted by Gasteiger charge is 2.37. The summed E-state index contributed by atoms with van der Waals surface area (Å²) in [5, 5.41) is 21.7. The van der Waals surface area contributed by atoms with Gasteiger partial charge in [0, 0.05) is 11.1 Å². The van der Waals surface area contributed by atoms with Crippen molar-refractivity contribution in [1.29, 1.82) is 10.5 Å². The number of benzene rings is 2. The molecule has 0 aliphatic heterocycles. The van der Waals surface area contributed by atoms with Crippen LogP contribution in [-0.4, -0.2) is 14.8 Å². The van der Waals surface area contributed by atoms with Gasteiger partial charge in [-0.1, -0.05) is 24.3 Å². The fraction of sp³-hybridized carbons (Fsp3) is 0.0588. The number of nitrogens with zero attached hydrogens (tertiary/aromatic N) is 5. The van der Waals surface area contributed by atoms with E-state index in [1.54, 1.807) is 48.5 Å². The predicted molar refractivity (Wildman–Crippen MR) is 79.6 cm³/mol. The third-order valence-electron chi connectivity index (χ3n) is 3.53. The SMILES string of the molecule is N#Cc1ccc(C(F)(c2ccc(C#N)cc2)n2cncn2)cc1. The van der Waals surface area contributed by atoms with E-state index >= 15 is 4.39 Å². The van der Waals surface area contributed by atoms with Gasteiger partial charge in [0.1, 0.15) is 12.7 Å². The van der Waals surface area contributed by atoms with Gasteiger partial charge in [0.15, 0.2) is 0 Å². The Bertz CT molecular complexity index is 827. The van der Waals surface area contributed by atoms with Crippen molar-refractivity contribution in [2.45, 2.75) is 5.79 Å². The van der Waals surface area contributed by atoms with E-state index in [0.29, 0.717) is 22.3 Å². The number of alkyl halides is 1. The molecular weight excluding hydrogens is 293 g/mol. The molecule has 1 aromatic heterocycles. The average molecular weight is 303 g/mol. The number of nitriles is 2. The van der Waals surface area contributed by atoms with Crippen LogP contribution in [0.2, 0.25) is 0 Å². The fourth-order valence-corrected chi connectivity index (χ4v) is 2.33. The lowest BCUT2D eigenvalue weighted by atomic mass is 9.94. The summed E-state index contributed by atoms with van der Waals surface area (Å²) in [6.45, 7) is 0. The van der Waals surface area contributed by atoms with E-state index in [9.17, 15) is 0 Å². The molecule has 23 heavy (non-hydrogen) atoms. The van der Waals surface area contributed by atoms with Gasteiger partial charge in [0.2, 0.25) is 0 Å². The molecule has 5 nitrogen and oxygen atoms in total. The zero-order valence-corrected chi connectivity index (χ0v) is 11.9. The molecule has 0 saturated heterocycles. The van der Waals surface area contributed by atoms with Crippen LogP contribution in [0.25, 0.3) is 0 Å². The van der Waals surface area contributed by atoms with Crippen molar-refractivity contribution in [2.75, 3.05) is 0 Å². The van der Waals surface area contributed by atoms with Gasteiger partial charge >= 0.3 is 0 Å². The number of rotatable bonds is 3. The van der Waals surface area contributed by atoms with Gasteiger partial charge in [0.05, 0.1) is 23.3 Å². The molecule has 0 fully saturated rings. The van der Waals surface area contributed by atoms with E-state index in [-0.39, 0.29) is 0 Å². The third-order valence-corrected chi connectivity index (χ3v) is 3.53. The average Bonchev–Trinajstić information content (AvgIpc) is 3.16. The molecule has 0 radical (unpaired) electrons. The molecule has 6 heteroatoms. The van der Waals surface area contributed by atoms with Crippen LogP contribution < -0.4 is 0 Å². The molecule has 0 unspecified atom stereocenters.